The van der Waals surface area contributed by atoms with Crippen LogP contribution in [0.2, 0.25) is 10.0 Å². The molecule has 164 valence electrons. The highest BCUT2D eigenvalue weighted by Crippen LogP contribution is 2.26. The van der Waals surface area contributed by atoms with E-state index in [4.69, 9.17) is 27.7 Å². The predicted octanol–water partition coefficient (Wildman–Crippen LogP) is 2.56. The molecule has 0 radical (unpaired) electrons. The summed E-state index contributed by atoms with van der Waals surface area (Å²) in [5.74, 6) is 0.206. The Bertz CT molecular complexity index is 1010. The number of carbonyl (C=O) groups is 1. The van der Waals surface area contributed by atoms with Crippen LogP contribution in [0.4, 0.5) is 0 Å². The number of aryl methyl sites for hydroxylation is 2. The van der Waals surface area contributed by atoms with Gasteiger partial charge >= 0.3 is 0 Å². The average molecular weight is 475 g/mol. The third kappa shape index (κ3) is 4.81. The molecule has 0 atom stereocenters. The fourth-order valence-electron chi connectivity index (χ4n) is 3.50. The molecule has 8 nitrogen and oxygen atoms in total. The number of amides is 1. The molecule has 1 aromatic heterocycles. The number of rotatable bonds is 6. The van der Waals surface area contributed by atoms with Crippen molar-refractivity contribution >= 4 is 39.1 Å². The fourth-order valence-corrected chi connectivity index (χ4v) is 5.59. The summed E-state index contributed by atoms with van der Waals surface area (Å²) in [5, 5.41) is 4.69. The Balaban J connectivity index is 1.57. The zero-order valence-electron chi connectivity index (χ0n) is 17.1. The molecular weight excluding hydrogens is 451 g/mol. The maximum atomic E-state index is 12.9. The standard InChI is InChI=1S/C19H24Cl2N4O4S/c1-13-19(14(2)29-22-13)30(27,28)25-9-7-24(8-10-25)17(26)12-23(3)11-15-5-4-6-16(20)18(15)21/h4-6H,7-12H2,1-3H3. The molecule has 30 heavy (non-hydrogen) atoms. The van der Waals surface area contributed by atoms with E-state index in [1.165, 1.54) is 4.31 Å². The Hall–Kier alpha value is -1.65. The molecule has 0 unspecified atom stereocenters. The lowest BCUT2D eigenvalue weighted by molar-refractivity contribution is -0.133. The van der Waals surface area contributed by atoms with E-state index in [9.17, 15) is 13.2 Å². The Labute approximate surface area is 186 Å². The van der Waals surface area contributed by atoms with Gasteiger partial charge in [-0.25, -0.2) is 8.42 Å². The topological polar surface area (TPSA) is 87.0 Å². The van der Waals surface area contributed by atoms with E-state index in [0.29, 0.717) is 35.4 Å². The fraction of sp³-hybridized carbons (Fsp3) is 0.474. The van der Waals surface area contributed by atoms with Gasteiger partial charge < -0.3 is 9.42 Å². The number of nitrogens with zero attached hydrogens (tertiary/aromatic N) is 4. The minimum absolute atomic E-state index is 0.0648. The van der Waals surface area contributed by atoms with E-state index in [1.54, 1.807) is 24.8 Å². The highest BCUT2D eigenvalue weighted by molar-refractivity contribution is 7.89. The van der Waals surface area contributed by atoms with Crippen LogP contribution in [0.5, 0.6) is 0 Å². The van der Waals surface area contributed by atoms with E-state index >= 15 is 0 Å². The molecule has 1 aromatic carbocycles. The van der Waals surface area contributed by atoms with Gasteiger partial charge in [0, 0.05) is 32.7 Å². The molecule has 1 saturated heterocycles. The van der Waals surface area contributed by atoms with Crippen LogP contribution in [0.3, 0.4) is 0 Å². The number of benzene rings is 1. The minimum Gasteiger partial charge on any atom is -0.360 e. The van der Waals surface area contributed by atoms with Crippen molar-refractivity contribution in [3.63, 3.8) is 0 Å². The van der Waals surface area contributed by atoms with Crippen molar-refractivity contribution in [2.24, 2.45) is 0 Å². The second-order valence-corrected chi connectivity index (χ2v) is 9.98. The van der Waals surface area contributed by atoms with Crippen molar-refractivity contribution in [3.05, 3.63) is 45.3 Å². The van der Waals surface area contributed by atoms with E-state index in [0.717, 1.165) is 5.56 Å². The molecule has 1 aliphatic rings. The van der Waals surface area contributed by atoms with Crippen LogP contribution < -0.4 is 0 Å². The molecular formula is C19H24Cl2N4O4S. The molecule has 1 aliphatic heterocycles. The smallest absolute Gasteiger partial charge is 0.248 e. The third-order valence-electron chi connectivity index (χ3n) is 5.03. The van der Waals surface area contributed by atoms with Gasteiger partial charge in [-0.3, -0.25) is 9.69 Å². The van der Waals surface area contributed by atoms with E-state index in [2.05, 4.69) is 5.16 Å². The minimum atomic E-state index is -3.70. The number of aromatic nitrogens is 1. The lowest BCUT2D eigenvalue weighted by Gasteiger charge is -2.34. The lowest BCUT2D eigenvalue weighted by atomic mass is 10.2. The van der Waals surface area contributed by atoms with Crippen molar-refractivity contribution in [2.45, 2.75) is 25.3 Å². The number of likely N-dealkylation sites (N-methyl/N-ethyl adjacent to an activating group) is 1. The number of carbonyl (C=O) groups excluding carboxylic acids is 1. The molecule has 1 fully saturated rings. The van der Waals surface area contributed by atoms with Crippen LogP contribution in [0.1, 0.15) is 17.0 Å². The summed E-state index contributed by atoms with van der Waals surface area (Å²) in [7, 11) is -1.87. The van der Waals surface area contributed by atoms with Gasteiger partial charge in [-0.1, -0.05) is 40.5 Å². The first kappa shape index (κ1) is 23.0. The number of sulfonamides is 1. The van der Waals surface area contributed by atoms with Crippen molar-refractivity contribution < 1.29 is 17.7 Å². The SMILES string of the molecule is Cc1noc(C)c1S(=O)(=O)N1CCN(C(=O)CN(C)Cc2cccc(Cl)c2Cl)CC1. The third-order valence-corrected chi connectivity index (χ3v) is 8.04. The summed E-state index contributed by atoms with van der Waals surface area (Å²) in [6.07, 6.45) is 0. The highest BCUT2D eigenvalue weighted by Gasteiger charge is 2.34. The second-order valence-electron chi connectivity index (χ2n) is 7.32. The van der Waals surface area contributed by atoms with Gasteiger partial charge in [-0.2, -0.15) is 4.31 Å². The molecule has 0 N–H and O–H groups in total. The molecule has 2 aromatic rings. The van der Waals surface area contributed by atoms with Gasteiger partial charge in [0.05, 0.1) is 16.6 Å². The normalized spacial score (nSPS) is 15.7. The molecule has 1 amide bonds. The summed E-state index contributed by atoms with van der Waals surface area (Å²) in [5.41, 5.74) is 1.18. The molecule has 11 heteroatoms. The highest BCUT2D eigenvalue weighted by atomic mass is 35.5. The number of hydrogen-bond acceptors (Lipinski definition) is 6. The Morgan fingerprint density at radius 2 is 1.87 bits per heavy atom. The maximum Gasteiger partial charge on any atom is 0.248 e. The first-order chi connectivity index (χ1) is 14.1. The Morgan fingerprint density at radius 1 is 1.20 bits per heavy atom. The van der Waals surface area contributed by atoms with Gasteiger partial charge in [0.25, 0.3) is 0 Å². The lowest BCUT2D eigenvalue weighted by Crippen LogP contribution is -2.52. The molecule has 3 rings (SSSR count). The number of halogens is 2. The number of piperazine rings is 1. The van der Waals surface area contributed by atoms with Gasteiger partial charge in [0.2, 0.25) is 15.9 Å². The zero-order valence-corrected chi connectivity index (χ0v) is 19.4. The molecule has 0 spiro atoms. The van der Waals surface area contributed by atoms with E-state index in [-0.39, 0.29) is 36.2 Å². The summed E-state index contributed by atoms with van der Waals surface area (Å²) in [6.45, 7) is 4.95. The van der Waals surface area contributed by atoms with Crippen molar-refractivity contribution in [2.75, 3.05) is 39.8 Å². The summed E-state index contributed by atoms with van der Waals surface area (Å²) in [4.78, 5) is 16.3. The summed E-state index contributed by atoms with van der Waals surface area (Å²) in [6, 6.07) is 5.40. The van der Waals surface area contributed by atoms with Gasteiger partial charge in [-0.05, 0) is 32.5 Å². The maximum absolute atomic E-state index is 12.9. The first-order valence-electron chi connectivity index (χ1n) is 9.43. The van der Waals surface area contributed by atoms with Crippen LogP contribution in [0.15, 0.2) is 27.6 Å². The van der Waals surface area contributed by atoms with Crippen LogP contribution >= 0.6 is 23.2 Å². The quantitative estimate of drug-likeness (QED) is 0.639. The molecule has 2 heterocycles. The van der Waals surface area contributed by atoms with Gasteiger partial charge in [-0.15, -0.1) is 0 Å². The zero-order chi connectivity index (χ0) is 22.1. The Kier molecular flexibility index (Phi) is 7.09. The van der Waals surface area contributed by atoms with E-state index < -0.39 is 10.0 Å². The van der Waals surface area contributed by atoms with Gasteiger partial charge in [0.15, 0.2) is 5.76 Å². The van der Waals surface area contributed by atoms with Crippen LogP contribution in [-0.4, -0.2) is 73.4 Å². The molecule has 0 aliphatic carbocycles. The summed E-state index contributed by atoms with van der Waals surface area (Å²) < 4.78 is 32.2. The van der Waals surface area contributed by atoms with Crippen LogP contribution in [0, 0.1) is 13.8 Å². The largest absolute Gasteiger partial charge is 0.360 e. The number of hydrogen-bond donors (Lipinski definition) is 0. The molecule has 0 saturated carbocycles. The molecule has 0 bridgehead atoms. The van der Waals surface area contributed by atoms with Crippen molar-refractivity contribution in [1.82, 2.24) is 19.3 Å². The first-order valence-corrected chi connectivity index (χ1v) is 11.6. The van der Waals surface area contributed by atoms with E-state index in [1.807, 2.05) is 24.1 Å². The van der Waals surface area contributed by atoms with Gasteiger partial charge in [0.1, 0.15) is 10.6 Å². The van der Waals surface area contributed by atoms with Crippen molar-refractivity contribution in [1.29, 1.82) is 0 Å². The summed E-state index contributed by atoms with van der Waals surface area (Å²) >= 11 is 12.3. The predicted molar refractivity (Wildman–Crippen MR) is 114 cm³/mol. The van der Waals surface area contributed by atoms with Crippen LogP contribution in [0.25, 0.3) is 0 Å². The van der Waals surface area contributed by atoms with Crippen molar-refractivity contribution in [3.8, 4) is 0 Å². The Morgan fingerprint density at radius 3 is 2.47 bits per heavy atom. The average Bonchev–Trinajstić information content (AvgIpc) is 3.04. The van der Waals surface area contributed by atoms with Crippen LogP contribution in [-0.2, 0) is 21.4 Å². The second kappa shape index (κ2) is 9.23. The monoisotopic (exact) mass is 474 g/mol.